The quantitative estimate of drug-likeness (QED) is 0.160. The van der Waals surface area contributed by atoms with E-state index in [0.717, 1.165) is 27.9 Å². The van der Waals surface area contributed by atoms with Crippen molar-refractivity contribution in [2.24, 2.45) is 0 Å². The summed E-state index contributed by atoms with van der Waals surface area (Å²) in [4.78, 5) is 9.38. The van der Waals surface area contributed by atoms with Gasteiger partial charge in [-0.3, -0.25) is 15.1 Å². The Morgan fingerprint density at radius 2 is 1.19 bits per heavy atom. The molecule has 0 fully saturated rings. The van der Waals surface area contributed by atoms with E-state index in [0.29, 0.717) is 11.4 Å². The Labute approximate surface area is 254 Å². The van der Waals surface area contributed by atoms with Gasteiger partial charge < -0.3 is 14.9 Å². The van der Waals surface area contributed by atoms with E-state index in [9.17, 15) is 26.3 Å². The molecule has 0 amide bonds. The van der Waals surface area contributed by atoms with Gasteiger partial charge in [0.2, 0.25) is 0 Å². The minimum Gasteiger partial charge on any atom is -0.573 e. The first-order valence-electron chi connectivity index (χ1n) is 12.8. The molecule has 0 aliphatic carbocycles. The Morgan fingerprint density at radius 3 is 1.67 bits per heavy atom. The van der Waals surface area contributed by atoms with Gasteiger partial charge in [0, 0.05) is 11.1 Å². The van der Waals surface area contributed by atoms with Gasteiger partial charge in [-0.1, -0.05) is 59.5 Å². The number of nitrogens with zero attached hydrogens (tertiary/aromatic N) is 6. The number of hydrogen-bond donors (Lipinski definition) is 0. The average molecular weight is 772 g/mol. The van der Waals surface area contributed by atoms with Gasteiger partial charge in [-0.15, -0.1) is 6.07 Å². The Balaban J connectivity index is 0.00000484. The zero-order chi connectivity index (χ0) is 30.8. The van der Waals surface area contributed by atoms with Crippen LogP contribution in [0.4, 0.5) is 26.3 Å². The molecule has 0 aliphatic heterocycles. The Hall–Kier alpha value is -3.01. The summed E-state index contributed by atoms with van der Waals surface area (Å²) in [7, 11) is 0. The minimum atomic E-state index is -4.65. The third-order valence-electron chi connectivity index (χ3n) is 6.78. The van der Waals surface area contributed by atoms with Gasteiger partial charge in [0.15, 0.2) is 0 Å². The van der Waals surface area contributed by atoms with E-state index in [2.05, 4.69) is 26.5 Å². The molecule has 0 unspecified atom stereocenters. The minimum absolute atomic E-state index is 0. The summed E-state index contributed by atoms with van der Waals surface area (Å²) in [5.41, 5.74) is -1.24. The van der Waals surface area contributed by atoms with Crippen molar-refractivity contribution in [2.75, 3.05) is 0 Å². The Morgan fingerprint density at radius 1 is 0.667 bits per heavy atom. The zero-order valence-electron chi connectivity index (χ0n) is 24.2. The van der Waals surface area contributed by atoms with Crippen molar-refractivity contribution >= 4 is 0 Å². The smallest absolute Gasteiger partial charge is 0.573 e. The van der Waals surface area contributed by atoms with Gasteiger partial charge in [-0.05, 0) is 60.1 Å². The van der Waals surface area contributed by atoms with Gasteiger partial charge >= 0.3 is 33.4 Å². The van der Waals surface area contributed by atoms with Crippen molar-refractivity contribution in [1.29, 1.82) is 0 Å². The van der Waals surface area contributed by atoms with Crippen LogP contribution in [-0.2, 0) is 49.7 Å². The summed E-state index contributed by atoms with van der Waals surface area (Å²) in [5, 5.41) is 10.7. The molecule has 4 rings (SSSR count). The molecular formula is C29H30F6N6Pt. The monoisotopic (exact) mass is 771 g/mol. The summed E-state index contributed by atoms with van der Waals surface area (Å²) >= 11 is 0. The Kier molecular flexibility index (Phi) is 8.71. The van der Waals surface area contributed by atoms with E-state index in [1.54, 1.807) is 12.1 Å². The molecule has 228 valence electrons. The number of aromatic nitrogens is 6. The molecule has 0 atom stereocenters. The van der Waals surface area contributed by atoms with Crippen molar-refractivity contribution in [2.45, 2.75) is 84.0 Å². The average Bonchev–Trinajstić information content (AvgIpc) is 3.53. The molecule has 0 saturated heterocycles. The molecule has 0 spiro atoms. The molecule has 0 bridgehead atoms. The molecule has 13 heteroatoms. The first-order chi connectivity index (χ1) is 18.6. The second kappa shape index (κ2) is 10.9. The van der Waals surface area contributed by atoms with Crippen molar-refractivity contribution in [3.63, 3.8) is 0 Å². The summed E-state index contributed by atoms with van der Waals surface area (Å²) in [6.07, 6.45) is -6.80. The van der Waals surface area contributed by atoms with Crippen LogP contribution < -0.4 is 5.10 Å². The number of pyridine rings is 2. The predicted molar refractivity (Wildman–Crippen MR) is 141 cm³/mol. The second-order valence-electron chi connectivity index (χ2n) is 12.5. The van der Waals surface area contributed by atoms with E-state index in [4.69, 9.17) is 4.98 Å². The maximum absolute atomic E-state index is 13.3. The largest absolute Gasteiger partial charge is 2.00 e. The summed E-state index contributed by atoms with van der Waals surface area (Å²) in [6, 6.07) is 8.67. The normalized spacial score (nSPS) is 13.3. The van der Waals surface area contributed by atoms with Gasteiger partial charge in [0.05, 0.1) is 22.9 Å². The molecule has 4 heterocycles. The zero-order valence-corrected chi connectivity index (χ0v) is 26.5. The maximum atomic E-state index is 13.3. The molecule has 6 nitrogen and oxygen atoms in total. The molecule has 0 N–H and O–H groups in total. The van der Waals surface area contributed by atoms with E-state index in [-0.39, 0.29) is 38.3 Å². The number of alkyl halides is 6. The SMILES string of the molecule is CC(C)(C)c1cc(-c2cc(C(F)(F)F)n[n-]2)nc(C(C)(C)c2cc(C(C)(C)C)cc(-n3[c-]cc(C(F)(F)F)n3)n2)c1.[Pt+2]. The predicted octanol–water partition coefficient (Wildman–Crippen LogP) is 7.44. The van der Waals surface area contributed by atoms with Crippen LogP contribution in [0.1, 0.15) is 89.3 Å². The molecule has 0 saturated carbocycles. The van der Waals surface area contributed by atoms with Gasteiger partial charge in [0.25, 0.3) is 0 Å². The van der Waals surface area contributed by atoms with E-state index >= 15 is 0 Å². The standard InChI is InChI=1S/C29H30F6N6.Pt/c1-25(2,3)16-11-18(19-15-23(39-38-19)29(33,34)35)36-21(12-16)27(7,8)22-13-17(26(4,5)6)14-24(37-22)41-10-9-20(40-41)28(30,31)32;/h9,11-15H,1-8H3;/q-2;+2. The second-order valence-corrected chi connectivity index (χ2v) is 12.5. The van der Waals surface area contributed by atoms with E-state index in [1.807, 2.05) is 67.5 Å². The molecule has 42 heavy (non-hydrogen) atoms. The molecule has 4 aromatic rings. The van der Waals surface area contributed by atoms with Crippen LogP contribution in [0.5, 0.6) is 0 Å². The number of hydrogen-bond acceptors (Lipinski definition) is 4. The van der Waals surface area contributed by atoms with Crippen LogP contribution in [0.3, 0.4) is 0 Å². The van der Waals surface area contributed by atoms with Gasteiger partial charge in [-0.25, -0.2) is 0 Å². The van der Waals surface area contributed by atoms with Crippen molar-refractivity contribution < 1.29 is 47.4 Å². The molecule has 4 aromatic heterocycles. The van der Waals surface area contributed by atoms with E-state index in [1.165, 1.54) is 0 Å². The van der Waals surface area contributed by atoms with Crippen LogP contribution >= 0.6 is 0 Å². The van der Waals surface area contributed by atoms with Crippen LogP contribution in [-0.4, -0.2) is 24.8 Å². The third-order valence-corrected chi connectivity index (χ3v) is 6.78. The fourth-order valence-electron chi connectivity index (χ4n) is 4.03. The summed E-state index contributed by atoms with van der Waals surface area (Å²) in [6.45, 7) is 15.4. The third kappa shape index (κ3) is 6.96. The van der Waals surface area contributed by atoms with Crippen LogP contribution in [0.2, 0.25) is 0 Å². The molecule has 0 aromatic carbocycles. The molecular weight excluding hydrogens is 741 g/mol. The van der Waals surface area contributed by atoms with Gasteiger partial charge in [0.1, 0.15) is 5.69 Å². The van der Waals surface area contributed by atoms with Crippen LogP contribution in [0.25, 0.3) is 17.2 Å². The fraction of sp³-hybridized carbons (Fsp3) is 0.448. The topological polar surface area (TPSA) is 70.6 Å². The van der Waals surface area contributed by atoms with Crippen LogP contribution in [0.15, 0.2) is 36.4 Å². The van der Waals surface area contributed by atoms with E-state index < -0.39 is 40.0 Å². The molecule has 0 radical (unpaired) electrons. The maximum Gasteiger partial charge on any atom is 2.00 e. The number of rotatable bonds is 4. The fourth-order valence-corrected chi connectivity index (χ4v) is 4.03. The first kappa shape index (κ1) is 33.5. The summed E-state index contributed by atoms with van der Waals surface area (Å²) < 4.78 is 80.5. The molecule has 0 aliphatic rings. The number of halogens is 6. The van der Waals surface area contributed by atoms with Gasteiger partial charge in [-0.2, -0.15) is 26.3 Å². The first-order valence-corrected chi connectivity index (χ1v) is 12.8. The Bertz CT molecular complexity index is 1450. The van der Waals surface area contributed by atoms with Crippen LogP contribution in [0, 0.1) is 6.20 Å². The van der Waals surface area contributed by atoms with Crippen molar-refractivity contribution in [3.05, 3.63) is 76.5 Å². The van der Waals surface area contributed by atoms with Crippen molar-refractivity contribution in [1.82, 2.24) is 29.9 Å². The van der Waals surface area contributed by atoms with Crippen molar-refractivity contribution in [3.8, 4) is 17.2 Å². The summed E-state index contributed by atoms with van der Waals surface area (Å²) in [5.74, 6) is 0.139.